The van der Waals surface area contributed by atoms with Crippen LogP contribution in [0.2, 0.25) is 0 Å². The Morgan fingerprint density at radius 3 is 2.39 bits per heavy atom. The number of benzene rings is 3. The number of rotatable bonds is 8. The number of nitrogens with zero attached hydrogens (tertiary/aromatic N) is 1. The summed E-state index contributed by atoms with van der Waals surface area (Å²) in [6, 6.07) is 18.8. The van der Waals surface area contributed by atoms with Gasteiger partial charge >= 0.3 is 6.09 Å². The van der Waals surface area contributed by atoms with Gasteiger partial charge in [0.15, 0.2) is 11.5 Å². The summed E-state index contributed by atoms with van der Waals surface area (Å²) in [4.78, 5) is 12.7. The Morgan fingerprint density at radius 2 is 1.72 bits per heavy atom. The van der Waals surface area contributed by atoms with Crippen LogP contribution in [0.3, 0.4) is 0 Å². The maximum atomic E-state index is 13.0. The summed E-state index contributed by atoms with van der Waals surface area (Å²) in [5, 5.41) is 22.5. The zero-order valence-electron chi connectivity index (χ0n) is 19.8. The number of sulfonamides is 1. The number of piperidine rings is 1. The SMILES string of the molecule is COc1cccc(CNc2ccc(S(=O)(=O)Nc3cccc(C4CCN(C(=O)O)CC4)c3)cc2)c1O. The summed E-state index contributed by atoms with van der Waals surface area (Å²) in [7, 11) is -2.31. The van der Waals surface area contributed by atoms with Gasteiger partial charge in [-0.15, -0.1) is 0 Å². The van der Waals surface area contributed by atoms with Gasteiger partial charge in [-0.25, -0.2) is 13.2 Å². The van der Waals surface area contributed by atoms with Gasteiger partial charge < -0.3 is 25.2 Å². The first kappa shape index (κ1) is 25.2. The van der Waals surface area contributed by atoms with Gasteiger partial charge in [0.2, 0.25) is 0 Å². The summed E-state index contributed by atoms with van der Waals surface area (Å²) in [6.45, 7) is 1.27. The van der Waals surface area contributed by atoms with E-state index in [1.54, 1.807) is 42.5 Å². The molecule has 9 nitrogen and oxygen atoms in total. The highest BCUT2D eigenvalue weighted by Gasteiger charge is 2.24. The molecule has 0 aromatic heterocycles. The molecule has 1 aliphatic rings. The van der Waals surface area contributed by atoms with E-state index in [1.807, 2.05) is 12.1 Å². The van der Waals surface area contributed by atoms with Crippen molar-refractivity contribution in [1.82, 2.24) is 4.90 Å². The van der Waals surface area contributed by atoms with E-state index in [4.69, 9.17) is 9.84 Å². The highest BCUT2D eigenvalue weighted by atomic mass is 32.2. The average Bonchev–Trinajstić information content (AvgIpc) is 2.88. The molecule has 1 fully saturated rings. The van der Waals surface area contributed by atoms with Crippen LogP contribution in [0.25, 0.3) is 0 Å². The molecule has 0 radical (unpaired) electrons. The van der Waals surface area contributed by atoms with E-state index in [2.05, 4.69) is 10.0 Å². The summed E-state index contributed by atoms with van der Waals surface area (Å²) in [5.74, 6) is 0.626. The van der Waals surface area contributed by atoms with Crippen molar-refractivity contribution in [3.8, 4) is 11.5 Å². The summed E-state index contributed by atoms with van der Waals surface area (Å²) in [5.41, 5.74) is 2.80. The second kappa shape index (κ2) is 10.8. The van der Waals surface area contributed by atoms with Crippen molar-refractivity contribution in [3.05, 3.63) is 77.9 Å². The topological polar surface area (TPSA) is 128 Å². The maximum Gasteiger partial charge on any atom is 0.407 e. The molecule has 0 atom stereocenters. The van der Waals surface area contributed by atoms with Crippen molar-refractivity contribution in [1.29, 1.82) is 0 Å². The van der Waals surface area contributed by atoms with Crippen LogP contribution >= 0.6 is 0 Å². The number of methoxy groups -OCH3 is 1. The van der Waals surface area contributed by atoms with Crippen LogP contribution in [0, 0.1) is 0 Å². The van der Waals surface area contributed by atoms with E-state index >= 15 is 0 Å². The van der Waals surface area contributed by atoms with Crippen LogP contribution in [0.1, 0.15) is 29.9 Å². The van der Waals surface area contributed by atoms with Gasteiger partial charge in [0.05, 0.1) is 12.0 Å². The number of anilines is 2. The molecular weight excluding hydrogens is 482 g/mol. The fourth-order valence-electron chi connectivity index (χ4n) is 4.30. The first-order chi connectivity index (χ1) is 17.3. The van der Waals surface area contributed by atoms with E-state index in [9.17, 15) is 18.3 Å². The molecule has 3 aromatic carbocycles. The first-order valence-electron chi connectivity index (χ1n) is 11.6. The predicted molar refractivity (Wildman–Crippen MR) is 137 cm³/mol. The molecule has 1 amide bonds. The zero-order valence-corrected chi connectivity index (χ0v) is 20.7. The standard InChI is InChI=1S/C26H29N3O6S/c1-35-24-7-3-5-20(25(24)30)17-27-21-8-10-23(11-9-21)36(33,34)28-22-6-2-4-19(16-22)18-12-14-29(15-13-18)26(31)32/h2-11,16,18,27-28,30H,12-15,17H2,1H3,(H,31,32). The number of nitrogens with one attached hydrogen (secondary N) is 2. The van der Waals surface area contributed by atoms with Gasteiger partial charge in [-0.2, -0.15) is 0 Å². The smallest absolute Gasteiger partial charge is 0.407 e. The highest BCUT2D eigenvalue weighted by molar-refractivity contribution is 7.92. The van der Waals surface area contributed by atoms with Crippen molar-refractivity contribution in [2.45, 2.75) is 30.2 Å². The molecule has 0 bridgehead atoms. The molecule has 3 aromatic rings. The Morgan fingerprint density at radius 1 is 1.03 bits per heavy atom. The second-order valence-electron chi connectivity index (χ2n) is 8.62. The Balaban J connectivity index is 1.39. The molecule has 4 N–H and O–H groups in total. The molecule has 1 heterocycles. The van der Waals surface area contributed by atoms with Crippen LogP contribution in [0.4, 0.5) is 16.2 Å². The number of aromatic hydroxyl groups is 1. The zero-order chi connectivity index (χ0) is 25.7. The van der Waals surface area contributed by atoms with E-state index in [1.165, 1.54) is 24.1 Å². The minimum absolute atomic E-state index is 0.0607. The fourth-order valence-corrected chi connectivity index (χ4v) is 5.35. The molecule has 0 saturated carbocycles. The molecule has 0 unspecified atom stereocenters. The summed E-state index contributed by atoms with van der Waals surface area (Å²) in [6.07, 6.45) is 0.490. The lowest BCUT2D eigenvalue weighted by molar-refractivity contribution is 0.132. The van der Waals surface area contributed by atoms with Crippen LogP contribution in [0.5, 0.6) is 11.5 Å². The molecule has 36 heavy (non-hydrogen) atoms. The molecule has 1 saturated heterocycles. The van der Waals surface area contributed by atoms with Crippen LogP contribution < -0.4 is 14.8 Å². The minimum atomic E-state index is -3.80. The number of phenols is 1. The van der Waals surface area contributed by atoms with Crippen molar-refractivity contribution < 1.29 is 28.2 Å². The third kappa shape index (κ3) is 5.83. The third-order valence-corrected chi connectivity index (χ3v) is 7.72. The largest absolute Gasteiger partial charge is 0.504 e. The van der Waals surface area contributed by atoms with Crippen LogP contribution in [-0.4, -0.2) is 49.8 Å². The fraction of sp³-hybridized carbons (Fsp3) is 0.269. The van der Waals surface area contributed by atoms with Gasteiger partial charge in [-0.05, 0) is 66.8 Å². The van der Waals surface area contributed by atoms with Crippen molar-refractivity contribution in [2.24, 2.45) is 0 Å². The number of hydrogen-bond donors (Lipinski definition) is 4. The van der Waals surface area contributed by atoms with Crippen molar-refractivity contribution >= 4 is 27.5 Å². The van der Waals surface area contributed by atoms with E-state index in [0.717, 1.165) is 5.56 Å². The van der Waals surface area contributed by atoms with Gasteiger partial charge in [-0.1, -0.05) is 24.3 Å². The number of likely N-dealkylation sites (tertiary alicyclic amines) is 1. The van der Waals surface area contributed by atoms with Crippen molar-refractivity contribution in [3.63, 3.8) is 0 Å². The number of carboxylic acid groups (broad SMARTS) is 1. The third-order valence-electron chi connectivity index (χ3n) is 6.33. The van der Waals surface area contributed by atoms with E-state index in [-0.39, 0.29) is 16.6 Å². The lowest BCUT2D eigenvalue weighted by Crippen LogP contribution is -2.36. The maximum absolute atomic E-state index is 13.0. The molecule has 1 aliphatic heterocycles. The minimum Gasteiger partial charge on any atom is -0.504 e. The van der Waals surface area contributed by atoms with Gasteiger partial charge in [0.1, 0.15) is 0 Å². The lowest BCUT2D eigenvalue weighted by Gasteiger charge is -2.30. The highest BCUT2D eigenvalue weighted by Crippen LogP contribution is 2.31. The Hall–Kier alpha value is -3.92. The normalized spacial score (nSPS) is 14.3. The molecule has 190 valence electrons. The average molecular weight is 512 g/mol. The van der Waals surface area contributed by atoms with Crippen LogP contribution in [0.15, 0.2) is 71.6 Å². The summed E-state index contributed by atoms with van der Waals surface area (Å²) >= 11 is 0. The number of para-hydroxylation sites is 1. The van der Waals surface area contributed by atoms with Gasteiger partial charge in [-0.3, -0.25) is 4.72 Å². The Labute approximate surface area is 210 Å². The summed E-state index contributed by atoms with van der Waals surface area (Å²) < 4.78 is 33.7. The first-order valence-corrected chi connectivity index (χ1v) is 13.0. The number of phenolic OH excluding ortho intramolecular Hbond substituents is 1. The Bertz CT molecular complexity index is 1320. The number of carbonyl (C=O) groups is 1. The van der Waals surface area contributed by atoms with E-state index in [0.29, 0.717) is 55.2 Å². The lowest BCUT2D eigenvalue weighted by atomic mass is 9.89. The number of amides is 1. The molecule has 0 aliphatic carbocycles. The molecule has 0 spiro atoms. The molecule has 10 heteroatoms. The number of ether oxygens (including phenoxy) is 1. The quantitative estimate of drug-likeness (QED) is 0.346. The second-order valence-corrected chi connectivity index (χ2v) is 10.3. The van der Waals surface area contributed by atoms with Crippen LogP contribution in [-0.2, 0) is 16.6 Å². The molecule has 4 rings (SSSR count). The molecular formula is C26H29N3O6S. The monoisotopic (exact) mass is 511 g/mol. The van der Waals surface area contributed by atoms with Gasteiger partial charge in [0.25, 0.3) is 10.0 Å². The van der Waals surface area contributed by atoms with E-state index < -0.39 is 16.1 Å². The Kier molecular flexibility index (Phi) is 7.54. The predicted octanol–water partition coefficient (Wildman–Crippen LogP) is 4.67. The van der Waals surface area contributed by atoms with Crippen molar-refractivity contribution in [2.75, 3.05) is 30.2 Å². The number of hydrogen-bond acceptors (Lipinski definition) is 6. The van der Waals surface area contributed by atoms with Gasteiger partial charge in [0, 0.05) is 36.6 Å².